The van der Waals surface area contributed by atoms with Gasteiger partial charge in [-0.2, -0.15) is 0 Å². The molecule has 4 nitrogen and oxygen atoms in total. The van der Waals surface area contributed by atoms with Crippen LogP contribution in [0, 0.1) is 5.41 Å². The fourth-order valence-electron chi connectivity index (χ4n) is 3.12. The van der Waals surface area contributed by atoms with Crippen molar-refractivity contribution in [2.45, 2.75) is 6.04 Å². The van der Waals surface area contributed by atoms with Crippen molar-refractivity contribution in [1.29, 1.82) is 5.41 Å². The average Bonchev–Trinajstić information content (AvgIpc) is 2.55. The highest BCUT2D eigenvalue weighted by atomic mass is 15.3. The van der Waals surface area contributed by atoms with E-state index < -0.39 is 0 Å². The summed E-state index contributed by atoms with van der Waals surface area (Å²) in [6, 6.07) is 18.8. The maximum Gasteiger partial charge on any atom is 0.124 e. The highest BCUT2D eigenvalue weighted by Gasteiger charge is 2.28. The first kappa shape index (κ1) is 14.6. The third-order valence-corrected chi connectivity index (χ3v) is 4.27. The zero-order valence-corrected chi connectivity index (χ0v) is 12.9. The summed E-state index contributed by atoms with van der Waals surface area (Å²) in [5.74, 6) is 0.126. The van der Waals surface area contributed by atoms with Crippen molar-refractivity contribution in [3.8, 4) is 0 Å². The number of nitrogens with zero attached hydrogens (tertiary/aromatic N) is 2. The third-order valence-electron chi connectivity index (χ3n) is 4.27. The molecule has 1 aliphatic heterocycles. The fourth-order valence-corrected chi connectivity index (χ4v) is 3.12. The molecular weight excluding hydrogens is 272 g/mol. The Morgan fingerprint density at radius 2 is 1.73 bits per heavy atom. The molecule has 1 saturated heterocycles. The lowest BCUT2D eigenvalue weighted by Gasteiger charge is -2.42. The molecule has 1 atom stereocenters. The van der Waals surface area contributed by atoms with Gasteiger partial charge in [-0.3, -0.25) is 5.41 Å². The highest BCUT2D eigenvalue weighted by Crippen LogP contribution is 2.32. The number of benzene rings is 2. The summed E-state index contributed by atoms with van der Waals surface area (Å²) < 4.78 is 0. The van der Waals surface area contributed by atoms with E-state index >= 15 is 0 Å². The van der Waals surface area contributed by atoms with Gasteiger partial charge in [-0.15, -0.1) is 0 Å². The van der Waals surface area contributed by atoms with Crippen LogP contribution in [-0.4, -0.2) is 37.4 Å². The van der Waals surface area contributed by atoms with E-state index in [9.17, 15) is 0 Å². The molecule has 114 valence electrons. The molecule has 0 spiro atoms. The first-order valence-corrected chi connectivity index (χ1v) is 7.60. The van der Waals surface area contributed by atoms with Crippen LogP contribution >= 0.6 is 0 Å². The number of nitrogens with one attached hydrogen (secondary N) is 1. The summed E-state index contributed by atoms with van der Waals surface area (Å²) in [6.45, 7) is 2.91. The standard InChI is InChI=1S/C18H22N4/c1-21-11-12-22(16-10-6-5-9-15(16)18(19)20)17(13-21)14-7-3-2-4-8-14/h2-10,17H,11-13H2,1H3,(H3,19,20). The maximum atomic E-state index is 7.85. The lowest BCUT2D eigenvalue weighted by molar-refractivity contribution is 0.269. The topological polar surface area (TPSA) is 56.4 Å². The minimum Gasteiger partial charge on any atom is -0.384 e. The number of hydrogen-bond donors (Lipinski definition) is 2. The van der Waals surface area contributed by atoms with Gasteiger partial charge < -0.3 is 15.5 Å². The van der Waals surface area contributed by atoms with Crippen molar-refractivity contribution in [2.75, 3.05) is 31.6 Å². The van der Waals surface area contributed by atoms with Gasteiger partial charge in [-0.1, -0.05) is 42.5 Å². The molecule has 2 aromatic rings. The van der Waals surface area contributed by atoms with Crippen molar-refractivity contribution in [1.82, 2.24) is 4.90 Å². The number of para-hydroxylation sites is 1. The second-order valence-electron chi connectivity index (χ2n) is 5.81. The number of hydrogen-bond acceptors (Lipinski definition) is 3. The Balaban J connectivity index is 2.02. The van der Waals surface area contributed by atoms with Crippen LogP contribution in [0.3, 0.4) is 0 Å². The molecule has 0 amide bonds. The summed E-state index contributed by atoms with van der Waals surface area (Å²) in [4.78, 5) is 4.73. The first-order valence-electron chi connectivity index (χ1n) is 7.60. The normalized spacial score (nSPS) is 19.1. The van der Waals surface area contributed by atoms with Gasteiger partial charge in [0.1, 0.15) is 5.84 Å². The van der Waals surface area contributed by atoms with Gasteiger partial charge in [0.25, 0.3) is 0 Å². The Hall–Kier alpha value is -2.33. The van der Waals surface area contributed by atoms with Gasteiger partial charge in [-0.25, -0.2) is 0 Å². The van der Waals surface area contributed by atoms with E-state index in [1.807, 2.05) is 24.3 Å². The van der Waals surface area contributed by atoms with E-state index in [4.69, 9.17) is 11.1 Å². The van der Waals surface area contributed by atoms with Crippen LogP contribution in [0.25, 0.3) is 0 Å². The summed E-state index contributed by atoms with van der Waals surface area (Å²) in [6.07, 6.45) is 0. The van der Waals surface area contributed by atoms with E-state index in [1.165, 1.54) is 5.56 Å². The molecule has 4 heteroatoms. The van der Waals surface area contributed by atoms with Crippen LogP contribution in [0.5, 0.6) is 0 Å². The minimum atomic E-state index is 0.126. The van der Waals surface area contributed by atoms with Crippen molar-refractivity contribution >= 4 is 11.5 Å². The van der Waals surface area contributed by atoms with Gasteiger partial charge in [0.15, 0.2) is 0 Å². The Morgan fingerprint density at radius 1 is 1.05 bits per heavy atom. The lowest BCUT2D eigenvalue weighted by Crippen LogP contribution is -2.47. The van der Waals surface area contributed by atoms with Crippen LogP contribution in [0.1, 0.15) is 17.2 Å². The summed E-state index contributed by atoms with van der Waals surface area (Å²) in [5, 5.41) is 7.85. The molecule has 0 bridgehead atoms. The minimum absolute atomic E-state index is 0.126. The quantitative estimate of drug-likeness (QED) is 0.675. The summed E-state index contributed by atoms with van der Waals surface area (Å²) in [7, 11) is 2.16. The molecule has 0 aromatic heterocycles. The lowest BCUT2D eigenvalue weighted by atomic mass is 10.00. The number of amidine groups is 1. The average molecular weight is 294 g/mol. The second kappa shape index (κ2) is 6.20. The van der Waals surface area contributed by atoms with Crippen molar-refractivity contribution in [3.63, 3.8) is 0 Å². The Morgan fingerprint density at radius 3 is 2.45 bits per heavy atom. The molecule has 1 aliphatic rings. The largest absolute Gasteiger partial charge is 0.384 e. The molecule has 22 heavy (non-hydrogen) atoms. The molecule has 3 N–H and O–H groups in total. The van der Waals surface area contributed by atoms with E-state index in [0.717, 1.165) is 30.9 Å². The van der Waals surface area contributed by atoms with Crippen molar-refractivity contribution in [2.24, 2.45) is 5.73 Å². The van der Waals surface area contributed by atoms with E-state index in [0.29, 0.717) is 0 Å². The fraction of sp³-hybridized carbons (Fsp3) is 0.278. The predicted octanol–water partition coefficient (Wildman–Crippen LogP) is 2.46. The molecule has 1 fully saturated rings. The van der Waals surface area contributed by atoms with Crippen LogP contribution < -0.4 is 10.6 Å². The smallest absolute Gasteiger partial charge is 0.124 e. The van der Waals surface area contributed by atoms with E-state index in [2.05, 4.69) is 47.2 Å². The third kappa shape index (κ3) is 2.83. The number of piperazine rings is 1. The van der Waals surface area contributed by atoms with Crippen LogP contribution in [0.4, 0.5) is 5.69 Å². The molecule has 3 rings (SSSR count). The molecule has 0 aliphatic carbocycles. The van der Waals surface area contributed by atoms with Crippen LogP contribution in [0.2, 0.25) is 0 Å². The Bertz CT molecular complexity index is 653. The highest BCUT2D eigenvalue weighted by molar-refractivity contribution is 6.00. The molecular formula is C18H22N4. The van der Waals surface area contributed by atoms with Gasteiger partial charge in [0, 0.05) is 30.9 Å². The van der Waals surface area contributed by atoms with E-state index in [1.54, 1.807) is 0 Å². The summed E-state index contributed by atoms with van der Waals surface area (Å²) >= 11 is 0. The number of rotatable bonds is 3. The molecule has 0 radical (unpaired) electrons. The second-order valence-corrected chi connectivity index (χ2v) is 5.81. The predicted molar refractivity (Wildman–Crippen MR) is 91.5 cm³/mol. The van der Waals surface area contributed by atoms with Gasteiger partial charge in [0.05, 0.1) is 6.04 Å². The molecule has 2 aromatic carbocycles. The van der Waals surface area contributed by atoms with Crippen LogP contribution in [-0.2, 0) is 0 Å². The van der Waals surface area contributed by atoms with Gasteiger partial charge >= 0.3 is 0 Å². The van der Waals surface area contributed by atoms with Gasteiger partial charge in [-0.05, 0) is 24.7 Å². The van der Waals surface area contributed by atoms with Gasteiger partial charge in [0.2, 0.25) is 0 Å². The Labute approximate surface area is 131 Å². The number of nitrogens with two attached hydrogens (primary N) is 1. The van der Waals surface area contributed by atoms with Crippen molar-refractivity contribution < 1.29 is 0 Å². The van der Waals surface area contributed by atoms with Crippen LogP contribution in [0.15, 0.2) is 54.6 Å². The molecule has 1 heterocycles. The SMILES string of the molecule is CN1CCN(c2ccccc2C(=N)N)C(c2ccccc2)C1. The zero-order chi connectivity index (χ0) is 15.5. The number of nitrogen functional groups attached to an aromatic ring is 1. The molecule has 0 saturated carbocycles. The monoisotopic (exact) mass is 294 g/mol. The zero-order valence-electron chi connectivity index (χ0n) is 12.9. The molecule has 1 unspecified atom stereocenters. The maximum absolute atomic E-state index is 7.85. The number of likely N-dealkylation sites (N-methyl/N-ethyl adjacent to an activating group) is 1. The number of anilines is 1. The first-order chi connectivity index (χ1) is 10.7. The Kier molecular flexibility index (Phi) is 4.11. The summed E-state index contributed by atoms with van der Waals surface area (Å²) in [5.41, 5.74) is 8.94. The van der Waals surface area contributed by atoms with Crippen molar-refractivity contribution in [3.05, 3.63) is 65.7 Å². The van der Waals surface area contributed by atoms with E-state index in [-0.39, 0.29) is 11.9 Å².